The van der Waals surface area contributed by atoms with Gasteiger partial charge in [-0.15, -0.1) is 5.10 Å². The van der Waals surface area contributed by atoms with E-state index in [2.05, 4.69) is 16.7 Å². The minimum atomic E-state index is -0.205. The summed E-state index contributed by atoms with van der Waals surface area (Å²) in [5.74, 6) is 1.30. The predicted molar refractivity (Wildman–Crippen MR) is 151 cm³/mol. The average Bonchev–Trinajstić information content (AvgIpc) is 3.64. The van der Waals surface area contributed by atoms with Crippen LogP contribution in [0.3, 0.4) is 0 Å². The highest BCUT2D eigenvalue weighted by molar-refractivity contribution is 7.15. The zero-order chi connectivity index (χ0) is 26.1. The lowest BCUT2D eigenvalue weighted by molar-refractivity contribution is 0.363. The molecule has 0 radical (unpaired) electrons. The first-order chi connectivity index (χ1) is 18.6. The first kappa shape index (κ1) is 23.6. The second-order valence-corrected chi connectivity index (χ2v) is 9.71. The molecular weight excluding hydrogens is 494 g/mol. The van der Waals surface area contributed by atoms with Crippen molar-refractivity contribution in [1.29, 1.82) is 0 Å². The molecule has 0 unspecified atom stereocenters. The Labute approximate surface area is 222 Å². The molecule has 7 nitrogen and oxygen atoms in total. The van der Waals surface area contributed by atoms with Crippen LogP contribution in [0, 0.1) is 6.92 Å². The number of rotatable bonds is 7. The van der Waals surface area contributed by atoms with Crippen LogP contribution in [-0.4, -0.2) is 31.0 Å². The summed E-state index contributed by atoms with van der Waals surface area (Å²) in [6.45, 7) is 6.13. The van der Waals surface area contributed by atoms with Gasteiger partial charge in [-0.05, 0) is 55.0 Å². The molecular formula is C30H23N5O2S. The molecule has 6 rings (SSSR count). The molecule has 0 spiro atoms. The van der Waals surface area contributed by atoms with Crippen molar-refractivity contribution in [3.05, 3.63) is 124 Å². The van der Waals surface area contributed by atoms with Crippen molar-refractivity contribution in [3.63, 3.8) is 0 Å². The van der Waals surface area contributed by atoms with Crippen LogP contribution in [0.2, 0.25) is 0 Å². The van der Waals surface area contributed by atoms with Gasteiger partial charge in [-0.1, -0.05) is 66.5 Å². The fraction of sp³-hybridized carbons (Fsp3) is 0.0667. The van der Waals surface area contributed by atoms with E-state index in [4.69, 9.17) is 9.84 Å². The number of aryl methyl sites for hydroxylation is 1. The number of ether oxygens (including phenoxy) is 1. The van der Waals surface area contributed by atoms with E-state index < -0.39 is 0 Å². The monoisotopic (exact) mass is 517 g/mol. The van der Waals surface area contributed by atoms with E-state index in [9.17, 15) is 4.79 Å². The molecule has 0 aliphatic heterocycles. The number of fused-ring (bicyclic) bond motifs is 1. The molecule has 6 aromatic rings. The Bertz CT molecular complexity index is 1870. The number of aromatic nitrogens is 5. The van der Waals surface area contributed by atoms with Crippen LogP contribution < -0.4 is 14.8 Å². The largest absolute Gasteiger partial charge is 0.490 e. The van der Waals surface area contributed by atoms with Crippen molar-refractivity contribution in [2.75, 3.05) is 6.61 Å². The number of hydrogen-bond donors (Lipinski definition) is 0. The van der Waals surface area contributed by atoms with Gasteiger partial charge in [0.25, 0.3) is 5.56 Å². The van der Waals surface area contributed by atoms with Crippen LogP contribution in [0.4, 0.5) is 0 Å². The summed E-state index contributed by atoms with van der Waals surface area (Å²) in [6, 6.07) is 25.5. The first-order valence-corrected chi connectivity index (χ1v) is 12.9. The van der Waals surface area contributed by atoms with Gasteiger partial charge in [0.2, 0.25) is 4.96 Å². The second-order valence-electron chi connectivity index (χ2n) is 8.70. The number of nitrogens with zero attached hydrogens (tertiary/aromatic N) is 5. The molecule has 0 fully saturated rings. The Morgan fingerprint density at radius 1 is 0.974 bits per heavy atom. The number of benzene rings is 3. The third-order valence-electron chi connectivity index (χ3n) is 6.11. The van der Waals surface area contributed by atoms with Gasteiger partial charge in [0.05, 0.1) is 10.2 Å². The lowest BCUT2D eigenvalue weighted by Crippen LogP contribution is -2.23. The maximum atomic E-state index is 13.3. The third-order valence-corrected chi connectivity index (χ3v) is 7.07. The minimum absolute atomic E-state index is 0.205. The minimum Gasteiger partial charge on any atom is -0.490 e. The summed E-state index contributed by atoms with van der Waals surface area (Å²) in [5.41, 5.74) is 5.17. The van der Waals surface area contributed by atoms with Gasteiger partial charge >= 0.3 is 0 Å². The molecule has 0 bridgehead atoms. The summed E-state index contributed by atoms with van der Waals surface area (Å²) < 4.78 is 9.37. The summed E-state index contributed by atoms with van der Waals surface area (Å²) in [7, 11) is 0. The summed E-state index contributed by atoms with van der Waals surface area (Å²) >= 11 is 1.32. The van der Waals surface area contributed by atoms with Crippen molar-refractivity contribution < 1.29 is 4.74 Å². The topological polar surface area (TPSA) is 74.3 Å². The highest BCUT2D eigenvalue weighted by atomic mass is 32.1. The molecule has 0 aliphatic rings. The quantitative estimate of drug-likeness (QED) is 0.276. The van der Waals surface area contributed by atoms with E-state index in [0.717, 1.165) is 39.4 Å². The summed E-state index contributed by atoms with van der Waals surface area (Å²) in [5, 5.41) is 9.38. The van der Waals surface area contributed by atoms with E-state index in [1.807, 2.05) is 103 Å². The van der Waals surface area contributed by atoms with Crippen LogP contribution >= 0.6 is 11.3 Å². The molecule has 3 aromatic heterocycles. The van der Waals surface area contributed by atoms with Gasteiger partial charge in [0.15, 0.2) is 5.82 Å². The first-order valence-electron chi connectivity index (χ1n) is 12.1. The summed E-state index contributed by atoms with van der Waals surface area (Å²) in [6.07, 6.45) is 5.50. The lowest BCUT2D eigenvalue weighted by atomic mass is 10.1. The maximum Gasteiger partial charge on any atom is 0.291 e. The Balaban J connectivity index is 1.45. The van der Waals surface area contributed by atoms with Crippen LogP contribution in [-0.2, 0) is 0 Å². The zero-order valence-electron chi connectivity index (χ0n) is 20.6. The van der Waals surface area contributed by atoms with Gasteiger partial charge < -0.3 is 4.74 Å². The van der Waals surface area contributed by atoms with Gasteiger partial charge in [0.1, 0.15) is 18.1 Å². The average molecular weight is 518 g/mol. The van der Waals surface area contributed by atoms with E-state index in [1.54, 1.807) is 6.08 Å². The van der Waals surface area contributed by atoms with Crippen molar-refractivity contribution in [1.82, 2.24) is 24.4 Å². The van der Waals surface area contributed by atoms with Crippen LogP contribution in [0.15, 0.2) is 103 Å². The van der Waals surface area contributed by atoms with Crippen LogP contribution in [0.25, 0.3) is 39.4 Å². The molecule has 3 aromatic carbocycles. The Hall–Kier alpha value is -4.82. The van der Waals surface area contributed by atoms with Crippen molar-refractivity contribution in [2.24, 2.45) is 0 Å². The smallest absolute Gasteiger partial charge is 0.291 e. The van der Waals surface area contributed by atoms with E-state index in [-0.39, 0.29) is 5.56 Å². The fourth-order valence-electron chi connectivity index (χ4n) is 4.21. The SMILES string of the molecule is C=CCOc1ccc(-c2nn(-c3ccccc3)cc2/C=c2\sc3nc(-c4ccccc4C)nn3c2=O)cc1. The number of hydrogen-bond acceptors (Lipinski definition) is 6. The Kier molecular flexibility index (Phi) is 6.15. The van der Waals surface area contributed by atoms with Crippen molar-refractivity contribution >= 4 is 22.4 Å². The summed E-state index contributed by atoms with van der Waals surface area (Å²) in [4.78, 5) is 18.5. The Morgan fingerprint density at radius 3 is 2.47 bits per heavy atom. The molecule has 0 saturated heterocycles. The maximum absolute atomic E-state index is 13.3. The van der Waals surface area contributed by atoms with Crippen molar-refractivity contribution in [2.45, 2.75) is 6.92 Å². The van der Waals surface area contributed by atoms with Crippen LogP contribution in [0.1, 0.15) is 11.1 Å². The standard InChI is InChI=1S/C30H23N5O2S/c1-3-17-37-24-15-13-21(14-16-24)27-22(19-34(32-27)23-10-5-4-6-11-23)18-26-29(36)35-30(38-26)31-28(33-35)25-12-8-7-9-20(25)2/h3-16,18-19H,1,17H2,2H3/b26-18-. The van der Waals surface area contributed by atoms with E-state index >= 15 is 0 Å². The molecule has 0 atom stereocenters. The number of para-hydroxylation sites is 1. The highest BCUT2D eigenvalue weighted by Gasteiger charge is 2.16. The normalized spacial score (nSPS) is 11.8. The molecule has 186 valence electrons. The van der Waals surface area contributed by atoms with E-state index in [1.165, 1.54) is 15.9 Å². The van der Waals surface area contributed by atoms with Crippen LogP contribution in [0.5, 0.6) is 5.75 Å². The Morgan fingerprint density at radius 2 is 1.74 bits per heavy atom. The zero-order valence-corrected chi connectivity index (χ0v) is 21.4. The number of thiazole rings is 1. The molecule has 8 heteroatoms. The predicted octanol–water partition coefficient (Wildman–Crippen LogP) is 5.09. The lowest BCUT2D eigenvalue weighted by Gasteiger charge is -2.04. The fourth-order valence-corrected chi connectivity index (χ4v) is 5.11. The molecule has 38 heavy (non-hydrogen) atoms. The second kappa shape index (κ2) is 9.91. The third kappa shape index (κ3) is 4.42. The van der Waals surface area contributed by atoms with Gasteiger partial charge in [-0.2, -0.15) is 14.6 Å². The van der Waals surface area contributed by atoms with Crippen molar-refractivity contribution in [3.8, 4) is 34.1 Å². The highest BCUT2D eigenvalue weighted by Crippen LogP contribution is 2.27. The molecule has 0 N–H and O–H groups in total. The molecule has 0 amide bonds. The molecule has 0 saturated carbocycles. The van der Waals surface area contributed by atoms with E-state index in [0.29, 0.717) is 21.9 Å². The molecule has 3 heterocycles. The van der Waals surface area contributed by atoms with Gasteiger partial charge in [0, 0.05) is 22.9 Å². The molecule has 0 aliphatic carbocycles. The van der Waals surface area contributed by atoms with Gasteiger partial charge in [-0.3, -0.25) is 4.79 Å². The van der Waals surface area contributed by atoms with Gasteiger partial charge in [-0.25, -0.2) is 4.68 Å².